The van der Waals surface area contributed by atoms with Crippen LogP contribution in [0.5, 0.6) is 0 Å². The predicted molar refractivity (Wildman–Crippen MR) is 63.1 cm³/mol. The van der Waals surface area contributed by atoms with Gasteiger partial charge >= 0.3 is 0 Å². The molecule has 0 saturated heterocycles. The Balaban J connectivity index is 2.38. The van der Waals surface area contributed by atoms with E-state index in [-0.39, 0.29) is 23.9 Å². The van der Waals surface area contributed by atoms with Crippen molar-refractivity contribution in [3.05, 3.63) is 35.1 Å². The highest BCUT2D eigenvalue weighted by atomic mass is 19.1. The van der Waals surface area contributed by atoms with Gasteiger partial charge in [-0.2, -0.15) is 0 Å². The number of ketones is 1. The fourth-order valence-corrected chi connectivity index (χ4v) is 1.50. The third-order valence-electron chi connectivity index (χ3n) is 2.37. The Morgan fingerprint density at radius 3 is 2.65 bits per heavy atom. The van der Waals surface area contributed by atoms with Gasteiger partial charge in [-0.25, -0.2) is 4.39 Å². The molecular weight excluding hydrogens is 221 g/mol. The van der Waals surface area contributed by atoms with Gasteiger partial charge in [-0.3, -0.25) is 9.59 Å². The van der Waals surface area contributed by atoms with E-state index in [1.807, 2.05) is 0 Å². The van der Waals surface area contributed by atoms with Crippen molar-refractivity contribution in [2.75, 3.05) is 6.54 Å². The van der Waals surface area contributed by atoms with Gasteiger partial charge in [-0.05, 0) is 37.5 Å². The number of Topliss-reactive ketones (excluding diaryl/α,β-unsaturated/α-hetero) is 1. The number of amides is 1. The van der Waals surface area contributed by atoms with Crippen LogP contribution in [0.3, 0.4) is 0 Å². The minimum absolute atomic E-state index is 0.0809. The third kappa shape index (κ3) is 4.76. The molecule has 4 heteroatoms. The van der Waals surface area contributed by atoms with E-state index in [0.717, 1.165) is 5.56 Å². The number of hydrogen-bond donors (Lipinski definition) is 1. The Kier molecular flexibility index (Phi) is 4.82. The lowest BCUT2D eigenvalue weighted by Gasteiger charge is -2.05. The van der Waals surface area contributed by atoms with E-state index in [2.05, 4.69) is 5.32 Å². The van der Waals surface area contributed by atoms with Gasteiger partial charge in [-0.1, -0.05) is 12.1 Å². The zero-order valence-electron chi connectivity index (χ0n) is 10.0. The van der Waals surface area contributed by atoms with Gasteiger partial charge in [0.2, 0.25) is 5.91 Å². The molecule has 1 N–H and O–H groups in total. The molecule has 0 bridgehead atoms. The SMILES string of the molecule is CC(=O)CC(=O)NCCc1ccc(F)c(C)c1. The summed E-state index contributed by atoms with van der Waals surface area (Å²) in [5.41, 5.74) is 1.56. The molecule has 0 aliphatic carbocycles. The summed E-state index contributed by atoms with van der Waals surface area (Å²) in [6, 6.07) is 4.87. The van der Waals surface area contributed by atoms with Gasteiger partial charge in [-0.15, -0.1) is 0 Å². The highest BCUT2D eigenvalue weighted by Crippen LogP contribution is 2.09. The molecule has 3 nitrogen and oxygen atoms in total. The van der Waals surface area contributed by atoms with Crippen LogP contribution < -0.4 is 5.32 Å². The molecule has 0 unspecified atom stereocenters. The molecule has 0 aliphatic heterocycles. The van der Waals surface area contributed by atoms with Crippen LogP contribution >= 0.6 is 0 Å². The molecular formula is C13H16FNO2. The van der Waals surface area contributed by atoms with Gasteiger partial charge in [0.15, 0.2) is 0 Å². The fourth-order valence-electron chi connectivity index (χ4n) is 1.50. The van der Waals surface area contributed by atoms with E-state index < -0.39 is 0 Å². The molecule has 0 aliphatic rings. The maximum absolute atomic E-state index is 13.0. The molecule has 0 aromatic heterocycles. The van der Waals surface area contributed by atoms with E-state index >= 15 is 0 Å². The first-order chi connectivity index (χ1) is 7.99. The number of benzene rings is 1. The molecule has 0 fully saturated rings. The molecule has 1 rings (SSSR count). The molecule has 0 saturated carbocycles. The summed E-state index contributed by atoms with van der Waals surface area (Å²) in [7, 11) is 0. The van der Waals surface area contributed by atoms with Crippen LogP contribution in [-0.4, -0.2) is 18.2 Å². The van der Waals surface area contributed by atoms with Crippen LogP contribution in [0.2, 0.25) is 0 Å². The van der Waals surface area contributed by atoms with E-state index in [9.17, 15) is 14.0 Å². The summed E-state index contributed by atoms with van der Waals surface area (Å²) in [5, 5.41) is 2.64. The van der Waals surface area contributed by atoms with Crippen molar-refractivity contribution < 1.29 is 14.0 Å². The van der Waals surface area contributed by atoms with Crippen molar-refractivity contribution in [1.29, 1.82) is 0 Å². The van der Waals surface area contributed by atoms with Crippen molar-refractivity contribution >= 4 is 11.7 Å². The fraction of sp³-hybridized carbons (Fsp3) is 0.385. The smallest absolute Gasteiger partial charge is 0.227 e. The van der Waals surface area contributed by atoms with Gasteiger partial charge in [0.25, 0.3) is 0 Å². The second kappa shape index (κ2) is 6.13. The summed E-state index contributed by atoms with van der Waals surface area (Å²) in [4.78, 5) is 21.8. The molecule has 1 amide bonds. The van der Waals surface area contributed by atoms with E-state index in [1.54, 1.807) is 19.1 Å². The van der Waals surface area contributed by atoms with Crippen LogP contribution in [0.1, 0.15) is 24.5 Å². The molecule has 0 radical (unpaired) electrons. The zero-order valence-corrected chi connectivity index (χ0v) is 10.0. The lowest BCUT2D eigenvalue weighted by molar-refractivity contribution is -0.127. The first-order valence-corrected chi connectivity index (χ1v) is 5.50. The topological polar surface area (TPSA) is 46.2 Å². The molecule has 0 spiro atoms. The number of carbonyl (C=O) groups is 2. The van der Waals surface area contributed by atoms with E-state index in [0.29, 0.717) is 18.5 Å². The normalized spacial score (nSPS) is 10.1. The molecule has 92 valence electrons. The molecule has 1 aromatic rings. The Hall–Kier alpha value is -1.71. The minimum atomic E-state index is -0.267. The monoisotopic (exact) mass is 237 g/mol. The van der Waals surface area contributed by atoms with E-state index in [1.165, 1.54) is 13.0 Å². The molecule has 17 heavy (non-hydrogen) atoms. The Morgan fingerprint density at radius 1 is 1.35 bits per heavy atom. The zero-order chi connectivity index (χ0) is 12.8. The second-order valence-corrected chi connectivity index (χ2v) is 4.06. The lowest BCUT2D eigenvalue weighted by Crippen LogP contribution is -2.27. The third-order valence-corrected chi connectivity index (χ3v) is 2.37. The van der Waals surface area contributed by atoms with Crippen molar-refractivity contribution in [2.45, 2.75) is 26.7 Å². The first-order valence-electron chi connectivity index (χ1n) is 5.50. The molecule has 1 aromatic carbocycles. The Morgan fingerprint density at radius 2 is 2.06 bits per heavy atom. The summed E-state index contributed by atoms with van der Waals surface area (Å²) in [6.07, 6.45) is 0.549. The summed E-state index contributed by atoms with van der Waals surface area (Å²) in [6.45, 7) is 3.53. The van der Waals surface area contributed by atoms with Crippen LogP contribution in [0, 0.1) is 12.7 Å². The van der Waals surface area contributed by atoms with Gasteiger partial charge < -0.3 is 5.32 Å². The second-order valence-electron chi connectivity index (χ2n) is 4.06. The number of aryl methyl sites for hydroxylation is 1. The largest absolute Gasteiger partial charge is 0.355 e. The first kappa shape index (κ1) is 13.4. The number of rotatable bonds is 5. The summed E-state index contributed by atoms with van der Waals surface area (Å²) < 4.78 is 13.0. The van der Waals surface area contributed by atoms with Crippen LogP contribution in [0.4, 0.5) is 4.39 Å². The van der Waals surface area contributed by atoms with Gasteiger partial charge in [0, 0.05) is 6.54 Å². The highest BCUT2D eigenvalue weighted by molar-refractivity contribution is 5.96. The minimum Gasteiger partial charge on any atom is -0.355 e. The Labute approximate surface area is 100 Å². The van der Waals surface area contributed by atoms with Gasteiger partial charge in [0.05, 0.1) is 6.42 Å². The number of nitrogens with one attached hydrogen (secondary N) is 1. The van der Waals surface area contributed by atoms with Crippen molar-refractivity contribution in [1.82, 2.24) is 5.32 Å². The number of hydrogen-bond acceptors (Lipinski definition) is 2. The average molecular weight is 237 g/mol. The van der Waals surface area contributed by atoms with E-state index in [4.69, 9.17) is 0 Å². The standard InChI is InChI=1S/C13H16FNO2/c1-9-7-11(3-4-12(9)14)5-6-15-13(17)8-10(2)16/h3-4,7H,5-6,8H2,1-2H3,(H,15,17). The highest BCUT2D eigenvalue weighted by Gasteiger charge is 2.04. The van der Waals surface area contributed by atoms with Crippen LogP contribution in [0.25, 0.3) is 0 Å². The maximum Gasteiger partial charge on any atom is 0.227 e. The summed E-state index contributed by atoms with van der Waals surface area (Å²) in [5.74, 6) is -0.647. The number of halogens is 1. The summed E-state index contributed by atoms with van der Waals surface area (Å²) >= 11 is 0. The van der Waals surface area contributed by atoms with Crippen molar-refractivity contribution in [3.63, 3.8) is 0 Å². The number of carbonyl (C=O) groups excluding carboxylic acids is 2. The van der Waals surface area contributed by atoms with Crippen LogP contribution in [-0.2, 0) is 16.0 Å². The molecule has 0 heterocycles. The van der Waals surface area contributed by atoms with Crippen molar-refractivity contribution in [2.24, 2.45) is 0 Å². The van der Waals surface area contributed by atoms with Crippen molar-refractivity contribution in [3.8, 4) is 0 Å². The quantitative estimate of drug-likeness (QED) is 0.793. The molecule has 0 atom stereocenters. The van der Waals surface area contributed by atoms with Crippen LogP contribution in [0.15, 0.2) is 18.2 Å². The maximum atomic E-state index is 13.0. The Bertz CT molecular complexity index is 429. The van der Waals surface area contributed by atoms with Gasteiger partial charge in [0.1, 0.15) is 11.6 Å². The lowest BCUT2D eigenvalue weighted by atomic mass is 10.1. The predicted octanol–water partition coefficient (Wildman–Crippen LogP) is 1.77. The average Bonchev–Trinajstić information content (AvgIpc) is 2.22.